The second kappa shape index (κ2) is 7.32. The Balaban J connectivity index is 1.65. The zero-order valence-corrected chi connectivity index (χ0v) is 20.7. The van der Waals surface area contributed by atoms with Crippen LogP contribution in [0.1, 0.15) is 35.6 Å². The predicted molar refractivity (Wildman–Crippen MR) is 134 cm³/mol. The molecule has 4 aromatic rings. The van der Waals surface area contributed by atoms with E-state index in [0.29, 0.717) is 0 Å². The molecule has 0 spiro atoms. The molecule has 3 heterocycles. The SMILES string of the molecule is Cc1cc2ccsc2cc1-c1c2ccc(C3CC[Si](C)(C)CC3)cc2cc(C)[n+]1C. The topological polar surface area (TPSA) is 3.88 Å². The third kappa shape index (κ3) is 3.42. The maximum atomic E-state index is 2.56. The maximum Gasteiger partial charge on any atom is 0.220 e. The first-order chi connectivity index (χ1) is 14.3. The quantitative estimate of drug-likeness (QED) is 0.226. The largest absolute Gasteiger partial charge is 0.220 e. The number of aryl methyl sites for hydroxylation is 2. The highest BCUT2D eigenvalue weighted by Crippen LogP contribution is 2.40. The minimum atomic E-state index is -0.914. The molecule has 3 heteroatoms. The summed E-state index contributed by atoms with van der Waals surface area (Å²) in [6.45, 7) is 9.62. The lowest BCUT2D eigenvalue weighted by Crippen LogP contribution is -2.35. The van der Waals surface area contributed by atoms with Gasteiger partial charge in [-0.1, -0.05) is 37.3 Å². The molecule has 0 saturated carbocycles. The molecule has 0 radical (unpaired) electrons. The number of thiophene rings is 1. The van der Waals surface area contributed by atoms with Gasteiger partial charge in [0.1, 0.15) is 7.05 Å². The Morgan fingerprint density at radius 3 is 2.47 bits per heavy atom. The predicted octanol–water partition coefficient (Wildman–Crippen LogP) is 7.75. The highest BCUT2D eigenvalue weighted by molar-refractivity contribution is 7.17. The van der Waals surface area contributed by atoms with E-state index in [-0.39, 0.29) is 0 Å². The summed E-state index contributed by atoms with van der Waals surface area (Å²) in [5, 5.41) is 6.32. The van der Waals surface area contributed by atoms with Crippen LogP contribution in [0.2, 0.25) is 25.2 Å². The molecular formula is C27H32NSSi+. The summed E-state index contributed by atoms with van der Waals surface area (Å²) in [5.74, 6) is 0.747. The van der Waals surface area contributed by atoms with Gasteiger partial charge in [-0.3, -0.25) is 0 Å². The first-order valence-electron chi connectivity index (χ1n) is 11.2. The molecule has 2 aromatic carbocycles. The first kappa shape index (κ1) is 20.0. The standard InChI is InChI=1S/C27H32NSSi/c1-18-14-22-8-11-29-26(22)17-25(18)27-24-7-6-21(16-23(24)15-19(2)28(27)3)20-9-12-30(4,5)13-10-20/h6-8,11,14-17,20H,9-10,12-13H2,1-5H3/q+1. The van der Waals surface area contributed by atoms with E-state index in [4.69, 9.17) is 0 Å². The van der Waals surface area contributed by atoms with Gasteiger partial charge in [-0.2, -0.15) is 4.57 Å². The molecule has 30 heavy (non-hydrogen) atoms. The van der Waals surface area contributed by atoms with E-state index >= 15 is 0 Å². The van der Waals surface area contributed by atoms with E-state index in [1.807, 2.05) is 11.3 Å². The number of rotatable bonds is 2. The minimum Gasteiger partial charge on any atom is -0.198 e. The van der Waals surface area contributed by atoms with Crippen molar-refractivity contribution in [2.45, 2.75) is 57.8 Å². The fraction of sp³-hybridized carbons (Fsp3) is 0.370. The van der Waals surface area contributed by atoms with Crippen molar-refractivity contribution in [2.75, 3.05) is 0 Å². The average Bonchev–Trinajstić information content (AvgIpc) is 3.15. The van der Waals surface area contributed by atoms with Crippen molar-refractivity contribution in [1.29, 1.82) is 0 Å². The van der Waals surface area contributed by atoms with E-state index in [1.54, 1.807) is 5.56 Å². The van der Waals surface area contributed by atoms with Crippen LogP contribution in [0.3, 0.4) is 0 Å². The number of aromatic nitrogens is 1. The number of pyridine rings is 1. The Labute approximate surface area is 185 Å². The summed E-state index contributed by atoms with van der Waals surface area (Å²) < 4.78 is 3.74. The molecule has 1 saturated heterocycles. The van der Waals surface area contributed by atoms with E-state index in [1.165, 1.54) is 68.3 Å². The van der Waals surface area contributed by atoms with Crippen LogP contribution in [0.25, 0.3) is 32.1 Å². The van der Waals surface area contributed by atoms with Crippen molar-refractivity contribution < 1.29 is 4.57 Å². The number of hydrogen-bond acceptors (Lipinski definition) is 1. The van der Waals surface area contributed by atoms with E-state index < -0.39 is 8.07 Å². The zero-order valence-electron chi connectivity index (χ0n) is 18.9. The molecular weight excluding hydrogens is 398 g/mol. The van der Waals surface area contributed by atoms with E-state index in [0.717, 1.165) is 5.92 Å². The monoisotopic (exact) mass is 430 g/mol. The lowest BCUT2D eigenvalue weighted by molar-refractivity contribution is -0.665. The van der Waals surface area contributed by atoms with Gasteiger partial charge in [0.05, 0.1) is 10.9 Å². The van der Waals surface area contributed by atoms with Gasteiger partial charge < -0.3 is 0 Å². The molecule has 1 aliphatic heterocycles. The summed E-state index contributed by atoms with van der Waals surface area (Å²) in [5.41, 5.74) is 6.93. The highest BCUT2D eigenvalue weighted by atomic mass is 32.1. The Hall–Kier alpha value is -1.97. The van der Waals surface area contributed by atoms with Gasteiger partial charge in [-0.25, -0.2) is 0 Å². The lowest BCUT2D eigenvalue weighted by atomic mass is 9.90. The second-order valence-electron chi connectivity index (χ2n) is 10.1. The molecule has 5 rings (SSSR count). The smallest absolute Gasteiger partial charge is 0.198 e. The summed E-state index contributed by atoms with van der Waals surface area (Å²) in [4.78, 5) is 0. The van der Waals surface area contributed by atoms with Crippen LogP contribution in [0.5, 0.6) is 0 Å². The number of hydrogen-bond donors (Lipinski definition) is 0. The second-order valence-corrected chi connectivity index (χ2v) is 16.4. The molecule has 0 aliphatic carbocycles. The normalized spacial score (nSPS) is 17.1. The molecule has 0 atom stereocenters. The van der Waals surface area contributed by atoms with Gasteiger partial charge >= 0.3 is 0 Å². The minimum absolute atomic E-state index is 0.747. The van der Waals surface area contributed by atoms with Gasteiger partial charge in [0.25, 0.3) is 0 Å². The van der Waals surface area contributed by atoms with Crippen molar-refractivity contribution in [3.8, 4) is 11.3 Å². The number of nitrogens with zero attached hydrogens (tertiary/aromatic N) is 1. The molecule has 1 fully saturated rings. The fourth-order valence-electron chi connectivity index (χ4n) is 5.29. The highest BCUT2D eigenvalue weighted by Gasteiger charge is 2.29. The van der Waals surface area contributed by atoms with Crippen LogP contribution < -0.4 is 4.57 Å². The van der Waals surface area contributed by atoms with Crippen molar-refractivity contribution in [3.05, 3.63) is 64.7 Å². The fourth-order valence-corrected chi connectivity index (χ4v) is 8.61. The number of fused-ring (bicyclic) bond motifs is 2. The lowest BCUT2D eigenvalue weighted by Gasteiger charge is -2.33. The molecule has 154 valence electrons. The average molecular weight is 431 g/mol. The number of benzene rings is 2. The van der Waals surface area contributed by atoms with Gasteiger partial charge in [0.2, 0.25) is 5.69 Å². The van der Waals surface area contributed by atoms with Crippen LogP contribution in [0.4, 0.5) is 0 Å². The molecule has 0 bridgehead atoms. The van der Waals surface area contributed by atoms with Crippen LogP contribution in [-0.4, -0.2) is 8.07 Å². The molecule has 2 aromatic heterocycles. The summed E-state index contributed by atoms with van der Waals surface area (Å²) in [7, 11) is 1.30. The summed E-state index contributed by atoms with van der Waals surface area (Å²) in [6, 6.07) is 19.6. The van der Waals surface area contributed by atoms with E-state index in [9.17, 15) is 0 Å². The van der Waals surface area contributed by atoms with Gasteiger partial charge in [-0.15, -0.1) is 11.3 Å². The zero-order chi connectivity index (χ0) is 21.0. The Morgan fingerprint density at radius 2 is 1.70 bits per heavy atom. The summed E-state index contributed by atoms with van der Waals surface area (Å²) in [6.07, 6.45) is 2.76. The first-order valence-corrected chi connectivity index (χ1v) is 15.5. The Bertz CT molecular complexity index is 1260. The van der Waals surface area contributed by atoms with Crippen LogP contribution in [0, 0.1) is 13.8 Å². The van der Waals surface area contributed by atoms with Crippen molar-refractivity contribution in [3.63, 3.8) is 0 Å². The molecule has 1 nitrogen and oxygen atoms in total. The van der Waals surface area contributed by atoms with Crippen LogP contribution in [0.15, 0.2) is 47.8 Å². The van der Waals surface area contributed by atoms with Gasteiger partial charge in [-0.05, 0) is 77.2 Å². The summed E-state index contributed by atoms with van der Waals surface area (Å²) >= 11 is 1.84. The molecule has 1 aliphatic rings. The molecule has 0 unspecified atom stereocenters. The van der Waals surface area contributed by atoms with Gasteiger partial charge in [0, 0.05) is 25.8 Å². The maximum absolute atomic E-state index is 2.56. The third-order valence-electron chi connectivity index (χ3n) is 7.42. The molecule has 0 amide bonds. The Kier molecular flexibility index (Phi) is 4.87. The Morgan fingerprint density at radius 1 is 0.933 bits per heavy atom. The van der Waals surface area contributed by atoms with Crippen LogP contribution in [-0.2, 0) is 7.05 Å². The third-order valence-corrected chi connectivity index (χ3v) is 11.6. The molecule has 0 N–H and O–H groups in total. The van der Waals surface area contributed by atoms with Crippen molar-refractivity contribution >= 4 is 40.3 Å². The van der Waals surface area contributed by atoms with E-state index in [2.05, 4.69) is 86.4 Å². The van der Waals surface area contributed by atoms with Gasteiger partial charge in [0.15, 0.2) is 5.69 Å². The van der Waals surface area contributed by atoms with Crippen molar-refractivity contribution in [1.82, 2.24) is 0 Å². The van der Waals surface area contributed by atoms with Crippen molar-refractivity contribution in [2.24, 2.45) is 7.05 Å². The van der Waals surface area contributed by atoms with Crippen LogP contribution >= 0.6 is 11.3 Å².